The highest BCUT2D eigenvalue weighted by Crippen LogP contribution is 2.43. The van der Waals surface area contributed by atoms with Crippen molar-refractivity contribution in [3.8, 4) is 17.1 Å². The molecule has 0 bridgehead atoms. The third kappa shape index (κ3) is 3.12. The van der Waals surface area contributed by atoms with E-state index in [4.69, 9.17) is 14.2 Å². The first kappa shape index (κ1) is 19.4. The first-order chi connectivity index (χ1) is 13.4. The molecule has 2 fully saturated rings. The molecule has 28 heavy (non-hydrogen) atoms. The van der Waals surface area contributed by atoms with E-state index in [9.17, 15) is 8.42 Å². The molecule has 2 saturated heterocycles. The van der Waals surface area contributed by atoms with Crippen molar-refractivity contribution in [1.82, 2.24) is 14.3 Å². The van der Waals surface area contributed by atoms with Crippen LogP contribution in [-0.2, 0) is 19.5 Å². The summed E-state index contributed by atoms with van der Waals surface area (Å²) in [6.07, 6.45) is 2.97. The van der Waals surface area contributed by atoms with Gasteiger partial charge in [0.1, 0.15) is 11.6 Å². The third-order valence-corrected chi connectivity index (χ3v) is 7.13. The molecular formula is C19H25N3O5S. The number of hydrogen-bond donors (Lipinski definition) is 1. The summed E-state index contributed by atoms with van der Waals surface area (Å²) in [6.45, 7) is 6.87. The van der Waals surface area contributed by atoms with Gasteiger partial charge in [0, 0.05) is 18.7 Å². The molecule has 1 N–H and O–H groups in total. The molecule has 3 heterocycles. The smallest absolute Gasteiger partial charge is 0.247 e. The number of aromatic nitrogens is 2. The first-order valence-electron chi connectivity index (χ1n) is 9.49. The van der Waals surface area contributed by atoms with Crippen LogP contribution in [0, 0.1) is 6.92 Å². The molecule has 0 aliphatic carbocycles. The van der Waals surface area contributed by atoms with Crippen molar-refractivity contribution in [2.75, 3.05) is 19.8 Å². The normalized spacial score (nSPS) is 22.2. The molecule has 0 amide bonds. The van der Waals surface area contributed by atoms with Crippen LogP contribution >= 0.6 is 0 Å². The Morgan fingerprint density at radius 3 is 2.75 bits per heavy atom. The lowest BCUT2D eigenvalue weighted by Crippen LogP contribution is -2.50. The minimum atomic E-state index is -3.85. The van der Waals surface area contributed by atoms with Crippen molar-refractivity contribution in [2.24, 2.45) is 0 Å². The molecule has 1 aromatic carbocycles. The fourth-order valence-corrected chi connectivity index (χ4v) is 5.77. The van der Waals surface area contributed by atoms with E-state index in [1.54, 1.807) is 24.4 Å². The summed E-state index contributed by atoms with van der Waals surface area (Å²) in [5.74, 6) is -0.0537. The van der Waals surface area contributed by atoms with E-state index in [0.29, 0.717) is 49.8 Å². The molecule has 1 unspecified atom stereocenters. The van der Waals surface area contributed by atoms with Gasteiger partial charge in [-0.1, -0.05) is 0 Å². The van der Waals surface area contributed by atoms with E-state index >= 15 is 0 Å². The minimum Gasteiger partial charge on any atom is -0.493 e. The van der Waals surface area contributed by atoms with Crippen molar-refractivity contribution in [3.05, 3.63) is 30.1 Å². The summed E-state index contributed by atoms with van der Waals surface area (Å²) >= 11 is 0. The Hall–Kier alpha value is -1.94. The first-order valence-corrected chi connectivity index (χ1v) is 10.9. The molecule has 2 aromatic rings. The fraction of sp³-hybridized carbons (Fsp3) is 0.526. The van der Waals surface area contributed by atoms with Crippen LogP contribution in [0.3, 0.4) is 0 Å². The molecule has 0 saturated carbocycles. The highest BCUT2D eigenvalue weighted by Gasteiger charge is 2.55. The standard InChI is InChI=1S/C19H25N3O5S/c1-4-25-17-6-5-15(11-16(17)18-20-12-13(2)21-18)28(23,24)22-14(3)7-8-19(22)26-9-10-27-19/h5-6,11-12,14H,4,7-10H2,1-3H3,(H,20,21). The van der Waals surface area contributed by atoms with Crippen molar-refractivity contribution in [1.29, 1.82) is 0 Å². The zero-order valence-electron chi connectivity index (χ0n) is 16.3. The van der Waals surface area contributed by atoms with Gasteiger partial charge in [0.2, 0.25) is 15.9 Å². The summed E-state index contributed by atoms with van der Waals surface area (Å²) in [6, 6.07) is 4.62. The van der Waals surface area contributed by atoms with E-state index < -0.39 is 15.9 Å². The molecule has 2 aliphatic heterocycles. The van der Waals surface area contributed by atoms with Crippen LogP contribution in [-0.4, -0.2) is 54.5 Å². The number of H-pyrrole nitrogens is 1. The van der Waals surface area contributed by atoms with Gasteiger partial charge in [0.25, 0.3) is 0 Å². The van der Waals surface area contributed by atoms with Gasteiger partial charge in [-0.15, -0.1) is 4.31 Å². The fourth-order valence-electron chi connectivity index (χ4n) is 3.89. The number of sulfonamides is 1. The summed E-state index contributed by atoms with van der Waals surface area (Å²) in [5, 5.41) is 0. The monoisotopic (exact) mass is 407 g/mol. The summed E-state index contributed by atoms with van der Waals surface area (Å²) in [7, 11) is -3.85. The zero-order valence-corrected chi connectivity index (χ0v) is 17.1. The second kappa shape index (κ2) is 7.14. The van der Waals surface area contributed by atoms with Gasteiger partial charge in [-0.25, -0.2) is 13.4 Å². The van der Waals surface area contributed by atoms with Gasteiger partial charge in [0.15, 0.2) is 0 Å². The topological polar surface area (TPSA) is 93.8 Å². The average molecular weight is 407 g/mol. The number of imidazole rings is 1. The van der Waals surface area contributed by atoms with Crippen LogP contribution in [0.4, 0.5) is 0 Å². The van der Waals surface area contributed by atoms with Crippen LogP contribution < -0.4 is 4.74 Å². The van der Waals surface area contributed by atoms with Crippen LogP contribution in [0.1, 0.15) is 32.4 Å². The van der Waals surface area contributed by atoms with Crippen molar-refractivity contribution >= 4 is 10.0 Å². The number of benzene rings is 1. The lowest BCUT2D eigenvalue weighted by Gasteiger charge is -2.34. The van der Waals surface area contributed by atoms with E-state index in [-0.39, 0.29) is 10.9 Å². The molecule has 1 aromatic heterocycles. The van der Waals surface area contributed by atoms with Crippen LogP contribution in [0.5, 0.6) is 5.75 Å². The number of nitrogens with one attached hydrogen (secondary N) is 1. The third-order valence-electron chi connectivity index (χ3n) is 5.12. The lowest BCUT2D eigenvalue weighted by molar-refractivity contribution is -0.214. The molecule has 8 nitrogen and oxygen atoms in total. The summed E-state index contributed by atoms with van der Waals surface area (Å²) in [5.41, 5.74) is 1.41. The van der Waals surface area contributed by atoms with Crippen LogP contribution in [0.25, 0.3) is 11.4 Å². The Kier molecular flexibility index (Phi) is 4.95. The van der Waals surface area contributed by atoms with Crippen LogP contribution in [0.2, 0.25) is 0 Å². The highest BCUT2D eigenvalue weighted by molar-refractivity contribution is 7.89. The maximum absolute atomic E-state index is 13.6. The molecular weight excluding hydrogens is 382 g/mol. The summed E-state index contributed by atoms with van der Waals surface area (Å²) in [4.78, 5) is 7.67. The summed E-state index contributed by atoms with van der Waals surface area (Å²) < 4.78 is 45.7. The Morgan fingerprint density at radius 1 is 1.36 bits per heavy atom. The number of aryl methyl sites for hydroxylation is 1. The maximum Gasteiger partial charge on any atom is 0.247 e. The Morgan fingerprint density at radius 2 is 2.11 bits per heavy atom. The molecule has 9 heteroatoms. The molecule has 2 aliphatic rings. The number of rotatable bonds is 5. The molecule has 1 spiro atoms. The van der Waals surface area contributed by atoms with E-state index in [1.165, 1.54) is 4.31 Å². The van der Waals surface area contributed by atoms with Gasteiger partial charge in [0.05, 0.1) is 36.0 Å². The Labute approximate surface area is 164 Å². The Bertz CT molecular complexity index is 966. The lowest BCUT2D eigenvalue weighted by atomic mass is 10.2. The second-order valence-corrected chi connectivity index (χ2v) is 8.89. The quantitative estimate of drug-likeness (QED) is 0.819. The van der Waals surface area contributed by atoms with Gasteiger partial charge in [-0.05, 0) is 45.4 Å². The largest absolute Gasteiger partial charge is 0.493 e. The number of aromatic amines is 1. The van der Waals surface area contributed by atoms with E-state index in [1.807, 2.05) is 20.8 Å². The minimum absolute atomic E-state index is 0.159. The maximum atomic E-state index is 13.6. The number of hydrogen-bond acceptors (Lipinski definition) is 6. The molecule has 0 radical (unpaired) electrons. The second-order valence-electron chi connectivity index (χ2n) is 7.08. The van der Waals surface area contributed by atoms with Gasteiger partial charge in [-0.2, -0.15) is 0 Å². The van der Waals surface area contributed by atoms with Crippen LogP contribution in [0.15, 0.2) is 29.3 Å². The van der Waals surface area contributed by atoms with Gasteiger partial charge in [-0.3, -0.25) is 0 Å². The average Bonchev–Trinajstić information content (AvgIpc) is 3.37. The van der Waals surface area contributed by atoms with Crippen molar-refractivity contribution < 1.29 is 22.6 Å². The molecule has 1 atom stereocenters. The molecule has 152 valence electrons. The van der Waals surface area contributed by atoms with Crippen molar-refractivity contribution in [2.45, 2.75) is 50.5 Å². The van der Waals surface area contributed by atoms with Gasteiger partial charge < -0.3 is 19.2 Å². The number of ether oxygens (including phenoxy) is 3. The zero-order chi connectivity index (χ0) is 19.9. The van der Waals surface area contributed by atoms with E-state index in [2.05, 4.69) is 9.97 Å². The number of nitrogens with zero attached hydrogens (tertiary/aromatic N) is 2. The SMILES string of the molecule is CCOc1ccc(S(=O)(=O)N2C(C)CCC23OCCO3)cc1-c1nc(C)c[nH]1. The van der Waals surface area contributed by atoms with Crippen molar-refractivity contribution in [3.63, 3.8) is 0 Å². The predicted molar refractivity (Wildman–Crippen MR) is 102 cm³/mol. The van der Waals surface area contributed by atoms with Gasteiger partial charge >= 0.3 is 0 Å². The van der Waals surface area contributed by atoms with E-state index in [0.717, 1.165) is 5.69 Å². The Balaban J connectivity index is 1.79. The molecule has 4 rings (SSSR count). The highest BCUT2D eigenvalue weighted by atomic mass is 32.2. The predicted octanol–water partition coefficient (Wildman–Crippen LogP) is 2.66.